The van der Waals surface area contributed by atoms with Gasteiger partial charge in [0.25, 0.3) is 0 Å². The smallest absolute Gasteiger partial charge is 0.238 e. The monoisotopic (exact) mass is 394 g/mol. The van der Waals surface area contributed by atoms with Gasteiger partial charge in [-0.25, -0.2) is 0 Å². The third kappa shape index (κ3) is 5.62. The van der Waals surface area contributed by atoms with E-state index in [9.17, 15) is 4.79 Å². The number of benzene rings is 2. The minimum absolute atomic E-state index is 0.122. The summed E-state index contributed by atoms with van der Waals surface area (Å²) in [6.45, 7) is 5.00. The van der Waals surface area contributed by atoms with Crippen LogP contribution in [-0.4, -0.2) is 25.7 Å². The molecular formula is C23H26N2O4. The van der Waals surface area contributed by atoms with Crippen LogP contribution in [0.1, 0.15) is 31.2 Å². The van der Waals surface area contributed by atoms with Crippen LogP contribution < -0.4 is 20.1 Å². The fourth-order valence-electron chi connectivity index (χ4n) is 3.01. The molecule has 0 radical (unpaired) electrons. The van der Waals surface area contributed by atoms with E-state index >= 15 is 0 Å². The van der Waals surface area contributed by atoms with Gasteiger partial charge < -0.3 is 19.2 Å². The van der Waals surface area contributed by atoms with Gasteiger partial charge in [-0.3, -0.25) is 10.1 Å². The number of rotatable bonds is 10. The maximum atomic E-state index is 12.5. The van der Waals surface area contributed by atoms with E-state index in [0.717, 1.165) is 11.3 Å². The fourth-order valence-corrected chi connectivity index (χ4v) is 3.01. The Morgan fingerprint density at radius 2 is 1.72 bits per heavy atom. The van der Waals surface area contributed by atoms with Crippen molar-refractivity contribution in [2.24, 2.45) is 0 Å². The van der Waals surface area contributed by atoms with Crippen LogP contribution in [0.4, 0.5) is 5.69 Å². The van der Waals surface area contributed by atoms with E-state index in [4.69, 9.17) is 13.9 Å². The number of carbonyl (C=O) groups excluding carboxylic acids is 1. The molecule has 1 heterocycles. The number of anilines is 1. The number of furan rings is 1. The second kappa shape index (κ2) is 10.3. The summed E-state index contributed by atoms with van der Waals surface area (Å²) in [5, 5.41) is 6.16. The normalized spacial score (nSPS) is 11.7. The molecule has 2 N–H and O–H groups in total. The lowest BCUT2D eigenvalue weighted by atomic mass is 10.0. The highest BCUT2D eigenvalue weighted by atomic mass is 16.5. The first-order chi connectivity index (χ1) is 14.2. The van der Waals surface area contributed by atoms with E-state index < -0.39 is 0 Å². The van der Waals surface area contributed by atoms with Gasteiger partial charge >= 0.3 is 0 Å². The number of nitrogens with one attached hydrogen (secondary N) is 2. The van der Waals surface area contributed by atoms with Crippen molar-refractivity contribution in [1.82, 2.24) is 5.32 Å². The van der Waals surface area contributed by atoms with Crippen molar-refractivity contribution >= 4 is 11.6 Å². The number of amides is 1. The van der Waals surface area contributed by atoms with Gasteiger partial charge in [-0.1, -0.05) is 30.3 Å². The number of hydrogen-bond acceptors (Lipinski definition) is 5. The molecule has 6 heteroatoms. The molecule has 1 atom stereocenters. The molecule has 0 aliphatic carbocycles. The second-order valence-electron chi connectivity index (χ2n) is 6.32. The highest BCUT2D eigenvalue weighted by molar-refractivity contribution is 5.92. The van der Waals surface area contributed by atoms with Gasteiger partial charge in [0.2, 0.25) is 5.91 Å². The number of carbonyl (C=O) groups is 1. The van der Waals surface area contributed by atoms with Crippen LogP contribution in [0.5, 0.6) is 11.5 Å². The van der Waals surface area contributed by atoms with E-state index in [1.54, 1.807) is 24.5 Å². The second-order valence-corrected chi connectivity index (χ2v) is 6.32. The topological polar surface area (TPSA) is 72.7 Å². The van der Waals surface area contributed by atoms with Crippen LogP contribution in [-0.2, 0) is 4.79 Å². The Kier molecular flexibility index (Phi) is 7.30. The molecule has 0 aliphatic heterocycles. The summed E-state index contributed by atoms with van der Waals surface area (Å²) >= 11 is 0. The molecule has 6 nitrogen and oxygen atoms in total. The molecule has 0 bridgehead atoms. The maximum absolute atomic E-state index is 12.5. The summed E-state index contributed by atoms with van der Waals surface area (Å²) in [6, 6.07) is 18.8. The zero-order valence-corrected chi connectivity index (χ0v) is 16.7. The first-order valence-electron chi connectivity index (χ1n) is 9.72. The lowest BCUT2D eigenvalue weighted by Crippen LogP contribution is -2.31. The summed E-state index contributed by atoms with van der Waals surface area (Å²) in [4.78, 5) is 12.5. The summed E-state index contributed by atoms with van der Waals surface area (Å²) in [5.41, 5.74) is 1.67. The van der Waals surface area contributed by atoms with Gasteiger partial charge in [0, 0.05) is 11.8 Å². The van der Waals surface area contributed by atoms with E-state index in [2.05, 4.69) is 10.6 Å². The average Bonchev–Trinajstić information content (AvgIpc) is 3.26. The number of hydrogen-bond donors (Lipinski definition) is 2. The molecule has 0 aliphatic rings. The lowest BCUT2D eigenvalue weighted by molar-refractivity contribution is -0.115. The summed E-state index contributed by atoms with van der Waals surface area (Å²) in [7, 11) is 0. The maximum Gasteiger partial charge on any atom is 0.238 e. The first-order valence-corrected chi connectivity index (χ1v) is 9.72. The Morgan fingerprint density at radius 3 is 2.41 bits per heavy atom. The predicted octanol–water partition coefficient (Wildman–Crippen LogP) is 4.39. The van der Waals surface area contributed by atoms with Gasteiger partial charge in [-0.2, -0.15) is 0 Å². The Morgan fingerprint density at radius 1 is 0.966 bits per heavy atom. The van der Waals surface area contributed by atoms with Crippen molar-refractivity contribution in [2.75, 3.05) is 25.1 Å². The van der Waals surface area contributed by atoms with Crippen LogP contribution in [0, 0.1) is 0 Å². The molecule has 0 fully saturated rings. The van der Waals surface area contributed by atoms with Gasteiger partial charge in [0.15, 0.2) is 11.5 Å². The zero-order valence-electron chi connectivity index (χ0n) is 16.7. The molecule has 152 valence electrons. The molecule has 0 saturated heterocycles. The van der Waals surface area contributed by atoms with Crippen LogP contribution in [0.2, 0.25) is 0 Å². The van der Waals surface area contributed by atoms with Crippen LogP contribution in [0.3, 0.4) is 0 Å². The zero-order chi connectivity index (χ0) is 20.5. The van der Waals surface area contributed by atoms with Crippen LogP contribution in [0.25, 0.3) is 0 Å². The van der Waals surface area contributed by atoms with E-state index in [0.29, 0.717) is 30.4 Å². The predicted molar refractivity (Wildman–Crippen MR) is 112 cm³/mol. The van der Waals surface area contributed by atoms with Gasteiger partial charge in [-0.15, -0.1) is 0 Å². The SMILES string of the molecule is CCOc1ccc(NC(=O)CN[C@H](c2ccccc2)c2ccco2)cc1OCC. The average molecular weight is 394 g/mol. The van der Waals surface area contributed by atoms with Gasteiger partial charge in [-0.05, 0) is 43.7 Å². The highest BCUT2D eigenvalue weighted by Gasteiger charge is 2.17. The van der Waals surface area contributed by atoms with Gasteiger partial charge in [0.1, 0.15) is 5.76 Å². The van der Waals surface area contributed by atoms with Crippen molar-refractivity contribution in [3.63, 3.8) is 0 Å². The Labute approximate surface area is 170 Å². The van der Waals surface area contributed by atoms with Crippen LogP contribution >= 0.6 is 0 Å². The molecule has 1 aromatic heterocycles. The lowest BCUT2D eigenvalue weighted by Gasteiger charge is -2.17. The third-order valence-corrected chi connectivity index (χ3v) is 4.25. The van der Waals surface area contributed by atoms with Crippen LogP contribution in [0.15, 0.2) is 71.3 Å². The third-order valence-electron chi connectivity index (χ3n) is 4.25. The first kappa shape index (κ1) is 20.5. The van der Waals surface area contributed by atoms with E-state index in [1.165, 1.54) is 0 Å². The van der Waals surface area contributed by atoms with Crippen molar-refractivity contribution < 1.29 is 18.7 Å². The Bertz CT molecular complexity index is 895. The van der Waals surface area contributed by atoms with Gasteiger partial charge in [0.05, 0.1) is 32.1 Å². The molecule has 2 aromatic carbocycles. The van der Waals surface area contributed by atoms with Crippen molar-refractivity contribution in [1.29, 1.82) is 0 Å². The molecule has 0 saturated carbocycles. The minimum Gasteiger partial charge on any atom is -0.490 e. The molecule has 29 heavy (non-hydrogen) atoms. The molecule has 0 spiro atoms. The molecule has 3 rings (SSSR count). The number of ether oxygens (including phenoxy) is 2. The van der Waals surface area contributed by atoms with Crippen molar-refractivity contribution in [3.8, 4) is 11.5 Å². The Hall–Kier alpha value is -3.25. The molecule has 3 aromatic rings. The fraction of sp³-hybridized carbons (Fsp3) is 0.261. The molecule has 1 amide bonds. The summed E-state index contributed by atoms with van der Waals surface area (Å²) in [6.07, 6.45) is 1.63. The quantitative estimate of drug-likeness (QED) is 0.533. The summed E-state index contributed by atoms with van der Waals surface area (Å²) in [5.74, 6) is 1.86. The molecular weight excluding hydrogens is 368 g/mol. The standard InChI is InChI=1S/C23H26N2O4/c1-3-27-19-13-12-18(15-21(19)28-4-2)25-22(26)16-24-23(20-11-8-14-29-20)17-9-6-5-7-10-17/h5-15,23-24H,3-4,16H2,1-2H3,(H,25,26)/t23-/m1/s1. The molecule has 0 unspecified atom stereocenters. The Balaban J connectivity index is 1.66. The minimum atomic E-state index is -0.212. The highest BCUT2D eigenvalue weighted by Crippen LogP contribution is 2.30. The largest absolute Gasteiger partial charge is 0.490 e. The van der Waals surface area contributed by atoms with E-state index in [1.807, 2.05) is 56.3 Å². The summed E-state index contributed by atoms with van der Waals surface area (Å²) < 4.78 is 16.7. The van der Waals surface area contributed by atoms with Crippen molar-refractivity contribution in [3.05, 3.63) is 78.3 Å². The van der Waals surface area contributed by atoms with Crippen molar-refractivity contribution in [2.45, 2.75) is 19.9 Å². The van der Waals surface area contributed by atoms with E-state index in [-0.39, 0.29) is 18.5 Å².